The van der Waals surface area contributed by atoms with Gasteiger partial charge in [0.05, 0.1) is 13.2 Å². The zero-order valence-corrected chi connectivity index (χ0v) is 8.62. The Morgan fingerprint density at radius 2 is 2.38 bits per heavy atom. The molecule has 13 heavy (non-hydrogen) atoms. The van der Waals surface area contributed by atoms with Crippen LogP contribution in [-0.4, -0.2) is 24.9 Å². The van der Waals surface area contributed by atoms with Gasteiger partial charge in [-0.05, 0) is 24.3 Å². The molecule has 1 N–H and O–H groups in total. The van der Waals surface area contributed by atoms with Gasteiger partial charge in [-0.15, -0.1) is 0 Å². The quantitative estimate of drug-likeness (QED) is 0.680. The number of hydrogen-bond donors (Lipinski definition) is 1. The van der Waals surface area contributed by atoms with E-state index in [1.54, 1.807) is 0 Å². The Morgan fingerprint density at radius 1 is 1.62 bits per heavy atom. The second kappa shape index (κ2) is 5.40. The molecule has 0 bridgehead atoms. The van der Waals surface area contributed by atoms with Crippen molar-refractivity contribution in [2.45, 2.75) is 26.7 Å². The first-order valence-electron chi connectivity index (χ1n) is 5.13. The molecule has 0 spiro atoms. The lowest BCUT2D eigenvalue weighted by Crippen LogP contribution is -2.16. The summed E-state index contributed by atoms with van der Waals surface area (Å²) in [5.41, 5.74) is 1.15. The smallest absolute Gasteiger partial charge is 0.0644 e. The Kier molecular flexibility index (Phi) is 4.46. The predicted octanol–water partition coefficient (Wildman–Crippen LogP) is 1.99. The van der Waals surface area contributed by atoms with Crippen molar-refractivity contribution >= 4 is 0 Å². The Bertz CT molecular complexity index is 167. The molecule has 0 aromatic rings. The van der Waals surface area contributed by atoms with Crippen molar-refractivity contribution in [3.05, 3.63) is 11.6 Å². The van der Waals surface area contributed by atoms with Gasteiger partial charge in [-0.1, -0.05) is 19.9 Å². The van der Waals surface area contributed by atoms with Crippen LogP contribution in [0.25, 0.3) is 0 Å². The summed E-state index contributed by atoms with van der Waals surface area (Å²) in [6.45, 7) is 6.16. The fraction of sp³-hybridized carbons (Fsp3) is 0.818. The van der Waals surface area contributed by atoms with Gasteiger partial charge in [-0.25, -0.2) is 0 Å². The van der Waals surface area contributed by atoms with E-state index in [0.29, 0.717) is 11.8 Å². The number of ether oxygens (including phenoxy) is 1. The number of aliphatic hydroxyl groups excluding tert-OH is 1. The van der Waals surface area contributed by atoms with E-state index in [0.717, 1.165) is 25.2 Å². The van der Waals surface area contributed by atoms with E-state index in [-0.39, 0.29) is 6.61 Å². The highest BCUT2D eigenvalue weighted by molar-refractivity contribution is 5.07. The molecule has 1 fully saturated rings. The number of rotatable bonds is 3. The lowest BCUT2D eigenvalue weighted by atomic mass is 9.95. The molecule has 2 heteroatoms. The highest BCUT2D eigenvalue weighted by atomic mass is 16.5. The van der Waals surface area contributed by atoms with Crippen LogP contribution >= 0.6 is 0 Å². The molecule has 0 aliphatic carbocycles. The molecule has 1 saturated heterocycles. The Balaban J connectivity index is 2.49. The minimum absolute atomic E-state index is 0.189. The monoisotopic (exact) mass is 184 g/mol. The summed E-state index contributed by atoms with van der Waals surface area (Å²) in [5, 5.41) is 9.12. The zero-order chi connectivity index (χ0) is 9.68. The van der Waals surface area contributed by atoms with E-state index in [1.807, 2.05) is 0 Å². The van der Waals surface area contributed by atoms with E-state index in [2.05, 4.69) is 19.9 Å². The molecular formula is C11H20O2. The molecule has 76 valence electrons. The van der Waals surface area contributed by atoms with Crippen molar-refractivity contribution in [3.8, 4) is 0 Å². The summed E-state index contributed by atoms with van der Waals surface area (Å²) in [5.74, 6) is 0.977. The Morgan fingerprint density at radius 3 is 2.85 bits per heavy atom. The predicted molar refractivity (Wildman–Crippen MR) is 53.5 cm³/mol. The maximum absolute atomic E-state index is 9.12. The molecule has 2 nitrogen and oxygen atoms in total. The average molecular weight is 184 g/mol. The van der Waals surface area contributed by atoms with E-state index < -0.39 is 0 Å². The summed E-state index contributed by atoms with van der Waals surface area (Å²) in [6, 6.07) is 0. The van der Waals surface area contributed by atoms with Crippen LogP contribution in [0.3, 0.4) is 0 Å². The standard InChI is InChI=1S/C11H20O2/c1-9(2)11(7-12)6-10-4-3-5-13-8-10/h6,9-10,12H,3-5,7-8H2,1-2H3. The lowest BCUT2D eigenvalue weighted by Gasteiger charge is -2.21. The van der Waals surface area contributed by atoms with Crippen molar-refractivity contribution in [1.29, 1.82) is 0 Å². The molecule has 0 aromatic carbocycles. The largest absolute Gasteiger partial charge is 0.392 e. The van der Waals surface area contributed by atoms with E-state index in [9.17, 15) is 0 Å². The van der Waals surface area contributed by atoms with Gasteiger partial charge < -0.3 is 9.84 Å². The fourth-order valence-corrected chi connectivity index (χ4v) is 1.63. The molecule has 1 aliphatic rings. The van der Waals surface area contributed by atoms with E-state index in [4.69, 9.17) is 9.84 Å². The molecule has 0 radical (unpaired) electrons. The normalized spacial score (nSPS) is 25.2. The first kappa shape index (κ1) is 10.7. The van der Waals surface area contributed by atoms with Crippen molar-refractivity contribution < 1.29 is 9.84 Å². The molecule has 1 rings (SSSR count). The Labute approximate surface area is 80.6 Å². The van der Waals surface area contributed by atoms with Crippen LogP contribution in [0, 0.1) is 11.8 Å². The van der Waals surface area contributed by atoms with Crippen LogP contribution in [0.15, 0.2) is 11.6 Å². The van der Waals surface area contributed by atoms with Gasteiger partial charge in [0.25, 0.3) is 0 Å². The van der Waals surface area contributed by atoms with Crippen LogP contribution in [0.4, 0.5) is 0 Å². The van der Waals surface area contributed by atoms with Crippen LogP contribution in [-0.2, 0) is 4.74 Å². The highest BCUT2D eigenvalue weighted by Crippen LogP contribution is 2.19. The molecule has 1 aliphatic heterocycles. The molecule has 0 amide bonds. The van der Waals surface area contributed by atoms with Gasteiger partial charge in [0.1, 0.15) is 0 Å². The third-order valence-electron chi connectivity index (χ3n) is 2.57. The fourth-order valence-electron chi connectivity index (χ4n) is 1.63. The van der Waals surface area contributed by atoms with Gasteiger partial charge in [0.2, 0.25) is 0 Å². The molecule has 0 aromatic heterocycles. The topological polar surface area (TPSA) is 29.5 Å². The Hall–Kier alpha value is -0.340. The van der Waals surface area contributed by atoms with Gasteiger partial charge in [0, 0.05) is 12.5 Å². The maximum Gasteiger partial charge on any atom is 0.0644 e. The third-order valence-corrected chi connectivity index (χ3v) is 2.57. The van der Waals surface area contributed by atoms with Crippen LogP contribution < -0.4 is 0 Å². The second-order valence-electron chi connectivity index (χ2n) is 4.03. The second-order valence-corrected chi connectivity index (χ2v) is 4.03. The van der Waals surface area contributed by atoms with Crippen LogP contribution in [0.2, 0.25) is 0 Å². The minimum atomic E-state index is 0.189. The number of aliphatic hydroxyl groups is 1. The summed E-state index contributed by atoms with van der Waals surface area (Å²) in [7, 11) is 0. The summed E-state index contributed by atoms with van der Waals surface area (Å²) in [4.78, 5) is 0. The van der Waals surface area contributed by atoms with E-state index in [1.165, 1.54) is 6.42 Å². The third kappa shape index (κ3) is 3.49. The molecular weight excluding hydrogens is 164 g/mol. The van der Waals surface area contributed by atoms with Crippen LogP contribution in [0.1, 0.15) is 26.7 Å². The zero-order valence-electron chi connectivity index (χ0n) is 8.62. The summed E-state index contributed by atoms with van der Waals surface area (Å²) < 4.78 is 5.38. The maximum atomic E-state index is 9.12. The van der Waals surface area contributed by atoms with Crippen molar-refractivity contribution in [3.63, 3.8) is 0 Å². The average Bonchev–Trinajstić information content (AvgIpc) is 2.15. The van der Waals surface area contributed by atoms with Gasteiger partial charge in [-0.2, -0.15) is 0 Å². The van der Waals surface area contributed by atoms with Crippen LogP contribution in [0.5, 0.6) is 0 Å². The van der Waals surface area contributed by atoms with Gasteiger partial charge in [-0.3, -0.25) is 0 Å². The minimum Gasteiger partial charge on any atom is -0.392 e. The van der Waals surface area contributed by atoms with Gasteiger partial charge >= 0.3 is 0 Å². The first-order chi connectivity index (χ1) is 6.24. The van der Waals surface area contributed by atoms with Crippen molar-refractivity contribution in [1.82, 2.24) is 0 Å². The van der Waals surface area contributed by atoms with E-state index >= 15 is 0 Å². The summed E-state index contributed by atoms with van der Waals surface area (Å²) >= 11 is 0. The van der Waals surface area contributed by atoms with Gasteiger partial charge in [0.15, 0.2) is 0 Å². The first-order valence-corrected chi connectivity index (χ1v) is 5.13. The molecule has 0 saturated carbocycles. The summed E-state index contributed by atoms with van der Waals surface area (Å²) in [6.07, 6.45) is 4.55. The molecule has 1 heterocycles. The highest BCUT2D eigenvalue weighted by Gasteiger charge is 2.13. The lowest BCUT2D eigenvalue weighted by molar-refractivity contribution is 0.0704. The SMILES string of the molecule is CC(C)C(=CC1CCCOC1)CO. The van der Waals surface area contributed by atoms with Crippen molar-refractivity contribution in [2.75, 3.05) is 19.8 Å². The molecule has 1 atom stereocenters. The number of hydrogen-bond acceptors (Lipinski definition) is 2. The molecule has 1 unspecified atom stereocenters. The van der Waals surface area contributed by atoms with Crippen molar-refractivity contribution in [2.24, 2.45) is 11.8 Å².